The highest BCUT2D eigenvalue weighted by Crippen LogP contribution is 2.34. The number of amides is 2. The minimum atomic E-state index is -0.746. The third kappa shape index (κ3) is 4.49. The molecule has 0 spiro atoms. The fourth-order valence-electron chi connectivity index (χ4n) is 4.26. The normalized spacial score (nSPS) is 19.1. The summed E-state index contributed by atoms with van der Waals surface area (Å²) < 4.78 is 5.79. The van der Waals surface area contributed by atoms with Gasteiger partial charge in [-0.05, 0) is 55.9 Å². The first-order valence-electron chi connectivity index (χ1n) is 10.7. The van der Waals surface area contributed by atoms with Gasteiger partial charge in [0, 0.05) is 17.8 Å². The number of esters is 1. The van der Waals surface area contributed by atoms with Gasteiger partial charge in [0.05, 0.1) is 23.1 Å². The maximum Gasteiger partial charge on any atom is 0.338 e. The van der Waals surface area contributed by atoms with Gasteiger partial charge in [-0.2, -0.15) is 0 Å². The van der Waals surface area contributed by atoms with E-state index in [1.807, 2.05) is 30.3 Å². The standard InChI is InChI=1S/C24H25N3O5/c1-16-21(23(28)32-20-9-5-6-10-20)22(18-11-13-19(14-12-18)27(30)31)25-24(29)26(16)15-17-7-3-2-4-8-17/h2-4,7-8,11-14,20,22H,5-6,9-10,15H2,1H3,(H,25,29). The predicted molar refractivity (Wildman–Crippen MR) is 117 cm³/mol. The second-order valence-corrected chi connectivity index (χ2v) is 8.11. The number of allylic oxidation sites excluding steroid dienone is 1. The Morgan fingerprint density at radius 3 is 2.41 bits per heavy atom. The summed E-state index contributed by atoms with van der Waals surface area (Å²) in [6.45, 7) is 2.05. The molecule has 8 heteroatoms. The van der Waals surface area contributed by atoms with Gasteiger partial charge in [0.2, 0.25) is 0 Å². The maximum absolute atomic E-state index is 13.3. The lowest BCUT2D eigenvalue weighted by Gasteiger charge is -2.35. The summed E-state index contributed by atoms with van der Waals surface area (Å²) in [5.41, 5.74) is 2.32. The van der Waals surface area contributed by atoms with Crippen LogP contribution in [0.25, 0.3) is 0 Å². The molecule has 0 aromatic heterocycles. The molecular formula is C24H25N3O5. The number of nitro groups is 1. The zero-order chi connectivity index (χ0) is 22.7. The van der Waals surface area contributed by atoms with E-state index in [1.54, 1.807) is 19.1 Å². The molecule has 1 aliphatic heterocycles. The van der Waals surface area contributed by atoms with Crippen LogP contribution in [-0.2, 0) is 16.1 Å². The van der Waals surface area contributed by atoms with Gasteiger partial charge >= 0.3 is 12.0 Å². The van der Waals surface area contributed by atoms with Crippen LogP contribution in [0.5, 0.6) is 0 Å². The Labute approximate surface area is 186 Å². The van der Waals surface area contributed by atoms with Gasteiger partial charge < -0.3 is 10.1 Å². The smallest absolute Gasteiger partial charge is 0.338 e. The quantitative estimate of drug-likeness (QED) is 0.405. The summed E-state index contributed by atoms with van der Waals surface area (Å²) in [5, 5.41) is 13.9. The summed E-state index contributed by atoms with van der Waals surface area (Å²) in [4.78, 5) is 38.3. The second-order valence-electron chi connectivity index (χ2n) is 8.11. The zero-order valence-electron chi connectivity index (χ0n) is 17.8. The molecule has 1 heterocycles. The Balaban J connectivity index is 1.70. The number of benzene rings is 2. The number of carbonyl (C=O) groups excluding carboxylic acids is 2. The summed E-state index contributed by atoms with van der Waals surface area (Å²) in [7, 11) is 0. The number of hydrogen-bond acceptors (Lipinski definition) is 5. The van der Waals surface area contributed by atoms with Crippen molar-refractivity contribution in [3.8, 4) is 0 Å². The lowest BCUT2D eigenvalue weighted by molar-refractivity contribution is -0.384. The maximum atomic E-state index is 13.3. The van der Waals surface area contributed by atoms with Crippen LogP contribution in [0.3, 0.4) is 0 Å². The molecule has 2 aromatic rings. The van der Waals surface area contributed by atoms with E-state index in [-0.39, 0.29) is 17.8 Å². The highest BCUT2D eigenvalue weighted by atomic mass is 16.6. The number of nitrogens with one attached hydrogen (secondary N) is 1. The summed E-state index contributed by atoms with van der Waals surface area (Å²) in [6.07, 6.45) is 3.60. The van der Waals surface area contributed by atoms with Gasteiger partial charge in [0.25, 0.3) is 5.69 Å². The molecule has 1 unspecified atom stereocenters. The zero-order valence-corrected chi connectivity index (χ0v) is 17.8. The van der Waals surface area contributed by atoms with Gasteiger partial charge in [-0.25, -0.2) is 9.59 Å². The van der Waals surface area contributed by atoms with Crippen molar-refractivity contribution in [1.29, 1.82) is 0 Å². The van der Waals surface area contributed by atoms with E-state index in [2.05, 4.69) is 5.32 Å². The second kappa shape index (κ2) is 9.21. The molecule has 2 aliphatic rings. The largest absolute Gasteiger partial charge is 0.459 e. The van der Waals surface area contributed by atoms with E-state index in [4.69, 9.17) is 4.74 Å². The van der Waals surface area contributed by atoms with Crippen molar-refractivity contribution in [2.75, 3.05) is 0 Å². The molecule has 1 fully saturated rings. The Hall–Kier alpha value is -3.68. The third-order valence-corrected chi connectivity index (χ3v) is 6.01. The molecule has 32 heavy (non-hydrogen) atoms. The van der Waals surface area contributed by atoms with E-state index in [1.165, 1.54) is 17.0 Å². The van der Waals surface area contributed by atoms with E-state index in [9.17, 15) is 19.7 Å². The fourth-order valence-corrected chi connectivity index (χ4v) is 4.26. The monoisotopic (exact) mass is 435 g/mol. The number of non-ortho nitro benzene ring substituents is 1. The molecule has 0 radical (unpaired) electrons. The van der Waals surface area contributed by atoms with Gasteiger partial charge in [0.1, 0.15) is 6.10 Å². The number of nitrogens with zero attached hydrogens (tertiary/aromatic N) is 2. The van der Waals surface area contributed by atoms with Gasteiger partial charge in [-0.3, -0.25) is 15.0 Å². The number of ether oxygens (including phenoxy) is 1. The fraction of sp³-hybridized carbons (Fsp3) is 0.333. The average molecular weight is 435 g/mol. The van der Waals surface area contributed by atoms with E-state index in [0.29, 0.717) is 23.4 Å². The number of carbonyl (C=O) groups is 2. The topological polar surface area (TPSA) is 102 Å². The van der Waals surface area contributed by atoms with Crippen molar-refractivity contribution in [1.82, 2.24) is 10.2 Å². The third-order valence-electron chi connectivity index (χ3n) is 6.01. The molecule has 2 amide bonds. The molecule has 1 atom stereocenters. The molecule has 8 nitrogen and oxygen atoms in total. The molecule has 1 N–H and O–H groups in total. The number of nitro benzene ring substituents is 1. The van der Waals surface area contributed by atoms with E-state index in [0.717, 1.165) is 31.2 Å². The predicted octanol–water partition coefficient (Wildman–Crippen LogP) is 4.62. The Bertz CT molecular complexity index is 1040. The van der Waals surface area contributed by atoms with Crippen LogP contribution in [0.2, 0.25) is 0 Å². The van der Waals surface area contributed by atoms with E-state index < -0.39 is 16.9 Å². The summed E-state index contributed by atoms with van der Waals surface area (Å²) in [6, 6.07) is 14.3. The number of hydrogen-bond donors (Lipinski definition) is 1. The van der Waals surface area contributed by atoms with Gasteiger partial charge in [-0.1, -0.05) is 30.3 Å². The van der Waals surface area contributed by atoms with Crippen LogP contribution in [0.1, 0.15) is 49.8 Å². The van der Waals surface area contributed by atoms with Gasteiger partial charge in [0.15, 0.2) is 0 Å². The molecular weight excluding hydrogens is 410 g/mol. The number of rotatable bonds is 6. The van der Waals surface area contributed by atoms with Crippen LogP contribution in [0.4, 0.5) is 10.5 Å². The highest BCUT2D eigenvalue weighted by Gasteiger charge is 2.37. The first-order valence-corrected chi connectivity index (χ1v) is 10.7. The summed E-state index contributed by atoms with van der Waals surface area (Å²) in [5.74, 6) is -0.462. The molecule has 166 valence electrons. The highest BCUT2D eigenvalue weighted by molar-refractivity contribution is 5.95. The SMILES string of the molecule is CC1=C(C(=O)OC2CCCC2)C(c2ccc([N+](=O)[O-])cc2)NC(=O)N1Cc1ccccc1. The minimum Gasteiger partial charge on any atom is -0.459 e. The van der Waals surface area contributed by atoms with Crippen LogP contribution < -0.4 is 5.32 Å². The number of urea groups is 1. The van der Waals surface area contributed by atoms with Crippen LogP contribution in [0, 0.1) is 10.1 Å². The first-order chi connectivity index (χ1) is 15.4. The molecule has 0 bridgehead atoms. The Morgan fingerprint density at radius 2 is 1.78 bits per heavy atom. The Kier molecular flexibility index (Phi) is 6.20. The minimum absolute atomic E-state index is 0.0580. The van der Waals surface area contributed by atoms with Crippen molar-refractivity contribution in [2.24, 2.45) is 0 Å². The van der Waals surface area contributed by atoms with Crippen molar-refractivity contribution in [3.05, 3.63) is 87.1 Å². The first kappa shape index (κ1) is 21.5. The molecule has 4 rings (SSSR count). The lowest BCUT2D eigenvalue weighted by Crippen LogP contribution is -2.47. The van der Waals surface area contributed by atoms with Crippen molar-refractivity contribution >= 4 is 17.7 Å². The molecule has 2 aromatic carbocycles. The van der Waals surface area contributed by atoms with Crippen LogP contribution in [-0.4, -0.2) is 27.9 Å². The van der Waals surface area contributed by atoms with E-state index >= 15 is 0 Å². The molecule has 0 saturated heterocycles. The molecule has 1 aliphatic carbocycles. The van der Waals surface area contributed by atoms with Crippen LogP contribution >= 0.6 is 0 Å². The van der Waals surface area contributed by atoms with Crippen molar-refractivity contribution in [3.63, 3.8) is 0 Å². The van der Waals surface area contributed by atoms with Gasteiger partial charge in [-0.15, -0.1) is 0 Å². The Morgan fingerprint density at radius 1 is 1.12 bits per heavy atom. The average Bonchev–Trinajstić information content (AvgIpc) is 3.30. The van der Waals surface area contributed by atoms with Crippen molar-refractivity contribution in [2.45, 2.75) is 51.3 Å². The lowest BCUT2D eigenvalue weighted by atomic mass is 9.94. The van der Waals surface area contributed by atoms with Crippen LogP contribution in [0.15, 0.2) is 65.9 Å². The summed E-state index contributed by atoms with van der Waals surface area (Å²) >= 11 is 0. The molecule has 1 saturated carbocycles. The van der Waals surface area contributed by atoms with Crippen molar-refractivity contribution < 1.29 is 19.2 Å².